The highest BCUT2D eigenvalue weighted by atomic mass is 19.4. The second-order valence-corrected chi connectivity index (χ2v) is 4.38. The Kier molecular flexibility index (Phi) is 3.29. The first kappa shape index (κ1) is 14.1. The maximum absolute atomic E-state index is 12.9. The lowest BCUT2D eigenvalue weighted by Crippen LogP contribution is -2.10. The number of aryl methyl sites for hydroxylation is 2. The van der Waals surface area contributed by atoms with Crippen LogP contribution >= 0.6 is 0 Å². The maximum atomic E-state index is 12.9. The Morgan fingerprint density at radius 2 is 1.90 bits per heavy atom. The molecule has 0 aliphatic carbocycles. The van der Waals surface area contributed by atoms with E-state index in [9.17, 15) is 18.0 Å². The van der Waals surface area contributed by atoms with Crippen molar-refractivity contribution in [1.82, 2.24) is 9.78 Å². The van der Waals surface area contributed by atoms with Crippen LogP contribution in [0.15, 0.2) is 24.3 Å². The van der Waals surface area contributed by atoms with Gasteiger partial charge in [0.25, 0.3) is 0 Å². The number of benzene rings is 1. The Labute approximate surface area is 112 Å². The van der Waals surface area contributed by atoms with Gasteiger partial charge in [-0.25, -0.2) is 9.48 Å². The number of aromatic nitrogens is 2. The summed E-state index contributed by atoms with van der Waals surface area (Å²) in [5.74, 6) is -1.23. The second kappa shape index (κ2) is 4.66. The molecule has 1 aromatic carbocycles. The van der Waals surface area contributed by atoms with Gasteiger partial charge in [0.2, 0.25) is 0 Å². The van der Waals surface area contributed by atoms with Crippen LogP contribution in [0.1, 0.15) is 27.3 Å². The van der Waals surface area contributed by atoms with Gasteiger partial charge in [0.15, 0.2) is 5.69 Å². The number of hydrogen-bond acceptors (Lipinski definition) is 2. The van der Waals surface area contributed by atoms with Gasteiger partial charge in [-0.1, -0.05) is 6.07 Å². The van der Waals surface area contributed by atoms with Crippen LogP contribution < -0.4 is 0 Å². The monoisotopic (exact) mass is 284 g/mol. The number of carboxylic acid groups (broad SMARTS) is 1. The van der Waals surface area contributed by atoms with Crippen molar-refractivity contribution < 1.29 is 23.1 Å². The minimum atomic E-state index is -4.46. The molecule has 0 amide bonds. The lowest BCUT2D eigenvalue weighted by Gasteiger charge is -2.12. The van der Waals surface area contributed by atoms with Gasteiger partial charge in [0, 0.05) is 5.69 Å². The summed E-state index contributed by atoms with van der Waals surface area (Å²) in [5.41, 5.74) is -0.254. The molecule has 0 aliphatic rings. The number of alkyl halides is 3. The molecule has 1 heterocycles. The highest BCUT2D eigenvalue weighted by Gasteiger charge is 2.32. The van der Waals surface area contributed by atoms with E-state index in [2.05, 4.69) is 5.10 Å². The first-order chi connectivity index (χ1) is 9.20. The van der Waals surface area contributed by atoms with E-state index in [4.69, 9.17) is 5.11 Å². The number of nitrogens with zero attached hydrogens (tertiary/aromatic N) is 2. The highest BCUT2D eigenvalue weighted by Crippen LogP contribution is 2.33. The number of hydrogen-bond donors (Lipinski definition) is 1. The van der Waals surface area contributed by atoms with Gasteiger partial charge in [-0.15, -0.1) is 0 Å². The highest BCUT2D eigenvalue weighted by molar-refractivity contribution is 5.85. The molecule has 0 unspecified atom stereocenters. The van der Waals surface area contributed by atoms with Crippen LogP contribution in [0, 0.1) is 13.8 Å². The lowest BCUT2D eigenvalue weighted by molar-refractivity contribution is -0.138. The SMILES string of the molecule is Cc1ccc(-n2nc(C(=O)O)cc2C)cc1C(F)(F)F. The fraction of sp³-hybridized carbons (Fsp3) is 0.231. The molecule has 1 aromatic heterocycles. The molecule has 0 saturated heterocycles. The van der Waals surface area contributed by atoms with Gasteiger partial charge in [-0.3, -0.25) is 0 Å². The predicted octanol–water partition coefficient (Wildman–Crippen LogP) is 3.21. The van der Waals surface area contributed by atoms with Crippen molar-refractivity contribution in [3.63, 3.8) is 0 Å². The minimum Gasteiger partial charge on any atom is -0.476 e. The quantitative estimate of drug-likeness (QED) is 0.921. The molecule has 7 heteroatoms. The van der Waals surface area contributed by atoms with Crippen LogP contribution in [-0.2, 0) is 6.18 Å². The van der Waals surface area contributed by atoms with Gasteiger partial charge in [-0.2, -0.15) is 18.3 Å². The van der Waals surface area contributed by atoms with E-state index >= 15 is 0 Å². The van der Waals surface area contributed by atoms with Crippen molar-refractivity contribution in [3.05, 3.63) is 46.8 Å². The summed E-state index contributed by atoms with van der Waals surface area (Å²) < 4.78 is 39.7. The molecule has 2 aromatic rings. The molecule has 0 fully saturated rings. The topological polar surface area (TPSA) is 55.1 Å². The van der Waals surface area contributed by atoms with E-state index in [-0.39, 0.29) is 16.9 Å². The van der Waals surface area contributed by atoms with Gasteiger partial charge >= 0.3 is 12.1 Å². The summed E-state index contributed by atoms with van der Waals surface area (Å²) in [4.78, 5) is 10.8. The zero-order valence-corrected chi connectivity index (χ0v) is 10.7. The number of carboxylic acids is 1. The molecule has 1 N–H and O–H groups in total. The Balaban J connectivity index is 2.57. The van der Waals surface area contributed by atoms with E-state index in [1.165, 1.54) is 29.8 Å². The predicted molar refractivity (Wildman–Crippen MR) is 65.0 cm³/mol. The van der Waals surface area contributed by atoms with Gasteiger partial charge in [-0.05, 0) is 37.6 Å². The fourth-order valence-corrected chi connectivity index (χ4v) is 1.89. The molecule has 20 heavy (non-hydrogen) atoms. The smallest absolute Gasteiger partial charge is 0.416 e. The van der Waals surface area contributed by atoms with Gasteiger partial charge in [0.05, 0.1) is 11.3 Å². The van der Waals surface area contributed by atoms with E-state index < -0.39 is 17.7 Å². The van der Waals surface area contributed by atoms with Gasteiger partial charge in [0.1, 0.15) is 0 Å². The first-order valence-corrected chi connectivity index (χ1v) is 5.68. The van der Waals surface area contributed by atoms with Crippen LogP contribution in [0.3, 0.4) is 0 Å². The molecule has 0 bridgehead atoms. The summed E-state index contributed by atoms with van der Waals surface area (Å²) in [6, 6.07) is 5.06. The fourth-order valence-electron chi connectivity index (χ4n) is 1.89. The Bertz CT molecular complexity index is 675. The van der Waals surface area contributed by atoms with Crippen molar-refractivity contribution in [1.29, 1.82) is 0 Å². The van der Waals surface area contributed by atoms with Crippen LogP contribution in [0.4, 0.5) is 13.2 Å². The van der Waals surface area contributed by atoms with E-state index in [1.807, 2.05) is 0 Å². The summed E-state index contributed by atoms with van der Waals surface area (Å²) in [6.45, 7) is 2.94. The molecular formula is C13H11F3N2O2. The van der Waals surface area contributed by atoms with Crippen molar-refractivity contribution >= 4 is 5.97 Å². The molecule has 2 rings (SSSR count). The maximum Gasteiger partial charge on any atom is 0.416 e. The van der Waals surface area contributed by atoms with Crippen LogP contribution in [0.2, 0.25) is 0 Å². The Morgan fingerprint density at radius 1 is 1.25 bits per heavy atom. The summed E-state index contributed by atoms with van der Waals surface area (Å²) in [5, 5.41) is 12.6. The molecule has 0 radical (unpaired) electrons. The molecule has 0 saturated carbocycles. The van der Waals surface area contributed by atoms with Crippen LogP contribution in [0.25, 0.3) is 5.69 Å². The number of aromatic carboxylic acids is 1. The summed E-state index contributed by atoms with van der Waals surface area (Å²) in [7, 11) is 0. The molecular weight excluding hydrogens is 273 g/mol. The molecule has 0 spiro atoms. The first-order valence-electron chi connectivity index (χ1n) is 5.68. The average Bonchev–Trinajstić information content (AvgIpc) is 2.71. The largest absolute Gasteiger partial charge is 0.476 e. The number of carbonyl (C=O) groups is 1. The standard InChI is InChI=1S/C13H11F3N2O2/c1-7-3-4-9(6-10(7)13(14,15)16)18-8(2)5-11(17-18)12(19)20/h3-6H,1-2H3,(H,19,20). The van der Waals surface area contributed by atoms with Crippen LogP contribution in [-0.4, -0.2) is 20.9 Å². The summed E-state index contributed by atoms with van der Waals surface area (Å²) in [6.07, 6.45) is -4.46. The summed E-state index contributed by atoms with van der Waals surface area (Å²) >= 11 is 0. The van der Waals surface area contributed by atoms with Crippen LogP contribution in [0.5, 0.6) is 0 Å². The van der Waals surface area contributed by atoms with E-state index in [0.717, 1.165) is 6.07 Å². The number of halogens is 3. The van der Waals surface area contributed by atoms with Gasteiger partial charge < -0.3 is 5.11 Å². The molecule has 106 valence electrons. The molecule has 0 aliphatic heterocycles. The van der Waals surface area contributed by atoms with E-state index in [1.54, 1.807) is 6.92 Å². The van der Waals surface area contributed by atoms with Crippen molar-refractivity contribution in [3.8, 4) is 5.69 Å². The molecule has 0 atom stereocenters. The minimum absolute atomic E-state index is 0.101. The third-order valence-electron chi connectivity index (χ3n) is 2.88. The van der Waals surface area contributed by atoms with Crippen molar-refractivity contribution in [2.75, 3.05) is 0 Å². The number of rotatable bonds is 2. The Hall–Kier alpha value is -2.31. The van der Waals surface area contributed by atoms with E-state index in [0.29, 0.717) is 5.69 Å². The second-order valence-electron chi connectivity index (χ2n) is 4.38. The zero-order valence-electron chi connectivity index (χ0n) is 10.7. The molecule has 4 nitrogen and oxygen atoms in total. The van der Waals surface area contributed by atoms with Crippen molar-refractivity contribution in [2.45, 2.75) is 20.0 Å². The average molecular weight is 284 g/mol. The lowest BCUT2D eigenvalue weighted by atomic mass is 10.1. The normalized spacial score (nSPS) is 11.7. The third-order valence-corrected chi connectivity index (χ3v) is 2.88. The zero-order chi connectivity index (χ0) is 15.1. The Morgan fingerprint density at radius 3 is 2.40 bits per heavy atom. The van der Waals surface area contributed by atoms with Crippen molar-refractivity contribution in [2.24, 2.45) is 0 Å². The third kappa shape index (κ3) is 2.52.